The Kier molecular flexibility index (Phi) is 3.14. The molecular formula is C9H15N3O2. The van der Waals surface area contributed by atoms with Crippen LogP contribution in [0.5, 0.6) is 0 Å². The average Bonchev–Trinajstić information content (AvgIpc) is 2.17. The molecule has 0 bridgehead atoms. The summed E-state index contributed by atoms with van der Waals surface area (Å²) < 4.78 is 5.25. The monoisotopic (exact) mass is 197 g/mol. The van der Waals surface area contributed by atoms with Crippen molar-refractivity contribution in [3.63, 3.8) is 0 Å². The summed E-state index contributed by atoms with van der Waals surface area (Å²) in [5.74, 6) is 5.34. The molecule has 1 aliphatic heterocycles. The molecule has 1 atom stereocenters. The number of hydrazine groups is 1. The lowest BCUT2D eigenvalue weighted by molar-refractivity contribution is -0.125. The van der Waals surface area contributed by atoms with E-state index in [1.54, 1.807) is 25.2 Å². The molecule has 0 aliphatic carbocycles. The molecular weight excluding hydrogens is 182 g/mol. The largest absolute Gasteiger partial charge is 0.479 e. The van der Waals surface area contributed by atoms with Crippen molar-refractivity contribution in [1.29, 1.82) is 0 Å². The van der Waals surface area contributed by atoms with Crippen molar-refractivity contribution in [2.24, 2.45) is 5.84 Å². The zero-order valence-electron chi connectivity index (χ0n) is 8.33. The van der Waals surface area contributed by atoms with Crippen LogP contribution in [0.3, 0.4) is 0 Å². The van der Waals surface area contributed by atoms with Crippen molar-refractivity contribution in [3.8, 4) is 0 Å². The fourth-order valence-corrected chi connectivity index (χ4v) is 1.19. The van der Waals surface area contributed by atoms with Crippen LogP contribution in [0.4, 0.5) is 0 Å². The van der Waals surface area contributed by atoms with Gasteiger partial charge in [-0.05, 0) is 26.0 Å². The highest BCUT2D eigenvalue weighted by Gasteiger charge is 2.32. The van der Waals surface area contributed by atoms with Crippen LogP contribution in [0, 0.1) is 0 Å². The Labute approximate surface area is 83.0 Å². The van der Waals surface area contributed by atoms with E-state index in [0.717, 1.165) is 0 Å². The SMILES string of the molecule is CCOC1=CC=CC(C)(C(=O)NN)N1. The van der Waals surface area contributed by atoms with Gasteiger partial charge >= 0.3 is 0 Å². The standard InChI is InChI=1S/C9H15N3O2/c1-3-14-7-5-4-6-9(2,11-7)8(13)12-10/h4-6,11H,3,10H2,1-2H3,(H,12,13). The number of allylic oxidation sites excluding steroid dienone is 2. The second-order valence-corrected chi connectivity index (χ2v) is 3.12. The number of nitrogens with one attached hydrogen (secondary N) is 2. The number of hydrogen-bond donors (Lipinski definition) is 3. The van der Waals surface area contributed by atoms with Crippen LogP contribution in [0.1, 0.15) is 13.8 Å². The maximum atomic E-state index is 11.4. The average molecular weight is 197 g/mol. The summed E-state index contributed by atoms with van der Waals surface area (Å²) in [6.45, 7) is 4.14. The maximum Gasteiger partial charge on any atom is 0.263 e. The van der Waals surface area contributed by atoms with Crippen molar-refractivity contribution in [1.82, 2.24) is 10.7 Å². The Morgan fingerprint density at radius 3 is 3.07 bits per heavy atom. The normalized spacial score (nSPS) is 24.9. The second kappa shape index (κ2) is 4.15. The molecule has 1 aliphatic rings. The van der Waals surface area contributed by atoms with Gasteiger partial charge in [0.25, 0.3) is 5.91 Å². The topological polar surface area (TPSA) is 76.4 Å². The summed E-state index contributed by atoms with van der Waals surface area (Å²) in [7, 11) is 0. The summed E-state index contributed by atoms with van der Waals surface area (Å²) in [4.78, 5) is 11.4. The van der Waals surface area contributed by atoms with E-state index in [9.17, 15) is 4.79 Å². The van der Waals surface area contributed by atoms with Crippen LogP contribution < -0.4 is 16.6 Å². The quantitative estimate of drug-likeness (QED) is 0.332. The number of carbonyl (C=O) groups excluding carboxylic acids is 1. The molecule has 1 amide bonds. The van der Waals surface area contributed by atoms with Gasteiger partial charge in [-0.25, -0.2) is 5.84 Å². The molecule has 0 saturated heterocycles. The highest BCUT2D eigenvalue weighted by atomic mass is 16.5. The molecule has 14 heavy (non-hydrogen) atoms. The first-order valence-corrected chi connectivity index (χ1v) is 4.44. The minimum absolute atomic E-state index is 0.306. The summed E-state index contributed by atoms with van der Waals surface area (Å²) in [6.07, 6.45) is 5.24. The van der Waals surface area contributed by atoms with E-state index in [2.05, 4.69) is 10.7 Å². The lowest BCUT2D eigenvalue weighted by Gasteiger charge is -2.29. The van der Waals surface area contributed by atoms with Crippen molar-refractivity contribution in [2.45, 2.75) is 19.4 Å². The number of amides is 1. The molecule has 5 heteroatoms. The van der Waals surface area contributed by atoms with E-state index in [1.807, 2.05) is 6.92 Å². The summed E-state index contributed by atoms with van der Waals surface area (Å²) in [5, 5.41) is 2.94. The number of hydrogen-bond acceptors (Lipinski definition) is 4. The van der Waals surface area contributed by atoms with Crippen LogP contribution in [0.15, 0.2) is 24.1 Å². The molecule has 0 saturated carbocycles. The highest BCUT2D eigenvalue weighted by Crippen LogP contribution is 2.14. The first-order valence-electron chi connectivity index (χ1n) is 4.44. The van der Waals surface area contributed by atoms with Gasteiger partial charge in [0.15, 0.2) is 5.88 Å². The minimum atomic E-state index is -0.839. The van der Waals surface area contributed by atoms with Crippen molar-refractivity contribution < 1.29 is 9.53 Å². The molecule has 0 radical (unpaired) electrons. The van der Waals surface area contributed by atoms with Crippen molar-refractivity contribution in [2.75, 3.05) is 6.61 Å². The van der Waals surface area contributed by atoms with E-state index >= 15 is 0 Å². The third kappa shape index (κ3) is 2.05. The predicted octanol–water partition coefficient (Wildman–Crippen LogP) is -0.228. The van der Waals surface area contributed by atoms with Crippen LogP contribution in [-0.4, -0.2) is 18.1 Å². The van der Waals surface area contributed by atoms with Crippen molar-refractivity contribution >= 4 is 5.91 Å². The molecule has 0 spiro atoms. The third-order valence-electron chi connectivity index (χ3n) is 1.96. The second-order valence-electron chi connectivity index (χ2n) is 3.12. The smallest absolute Gasteiger partial charge is 0.263 e. The van der Waals surface area contributed by atoms with Crippen molar-refractivity contribution in [3.05, 3.63) is 24.1 Å². The molecule has 5 nitrogen and oxygen atoms in total. The number of nitrogens with two attached hydrogens (primary N) is 1. The molecule has 0 fully saturated rings. The van der Waals surface area contributed by atoms with Crippen LogP contribution >= 0.6 is 0 Å². The van der Waals surface area contributed by atoms with E-state index in [-0.39, 0.29) is 5.91 Å². The van der Waals surface area contributed by atoms with E-state index < -0.39 is 5.54 Å². The third-order valence-corrected chi connectivity index (χ3v) is 1.96. The van der Waals surface area contributed by atoms with Gasteiger partial charge in [-0.1, -0.05) is 6.08 Å². The Morgan fingerprint density at radius 1 is 1.79 bits per heavy atom. The minimum Gasteiger partial charge on any atom is -0.479 e. The molecule has 1 heterocycles. The van der Waals surface area contributed by atoms with Gasteiger partial charge in [0.05, 0.1) is 6.61 Å². The first kappa shape index (κ1) is 10.6. The maximum absolute atomic E-state index is 11.4. The molecule has 1 unspecified atom stereocenters. The van der Waals surface area contributed by atoms with Gasteiger partial charge < -0.3 is 10.1 Å². The fraction of sp³-hybridized carbons (Fsp3) is 0.444. The van der Waals surface area contributed by atoms with Gasteiger partial charge in [-0.3, -0.25) is 10.2 Å². The van der Waals surface area contributed by atoms with Gasteiger partial charge in [0, 0.05) is 0 Å². The Hall–Kier alpha value is -1.49. The lowest BCUT2D eigenvalue weighted by atomic mass is 9.99. The Morgan fingerprint density at radius 2 is 2.50 bits per heavy atom. The van der Waals surface area contributed by atoms with Crippen LogP contribution in [0.2, 0.25) is 0 Å². The fourth-order valence-electron chi connectivity index (χ4n) is 1.19. The van der Waals surface area contributed by atoms with E-state index in [1.165, 1.54) is 0 Å². The summed E-state index contributed by atoms with van der Waals surface area (Å²) >= 11 is 0. The molecule has 0 aromatic rings. The first-order chi connectivity index (χ1) is 6.62. The number of rotatable bonds is 3. The Balaban J connectivity index is 2.74. The molecule has 0 aromatic carbocycles. The zero-order valence-corrected chi connectivity index (χ0v) is 8.33. The highest BCUT2D eigenvalue weighted by molar-refractivity contribution is 5.88. The van der Waals surface area contributed by atoms with E-state index in [4.69, 9.17) is 10.6 Å². The van der Waals surface area contributed by atoms with E-state index in [0.29, 0.717) is 12.5 Å². The van der Waals surface area contributed by atoms with Crippen LogP contribution in [-0.2, 0) is 9.53 Å². The molecule has 78 valence electrons. The van der Waals surface area contributed by atoms with Gasteiger partial charge in [-0.15, -0.1) is 0 Å². The number of ether oxygens (including phenoxy) is 1. The van der Waals surface area contributed by atoms with Gasteiger partial charge in [0.1, 0.15) is 5.54 Å². The van der Waals surface area contributed by atoms with Gasteiger partial charge in [0.2, 0.25) is 0 Å². The molecule has 0 aromatic heterocycles. The van der Waals surface area contributed by atoms with Crippen LogP contribution in [0.25, 0.3) is 0 Å². The summed E-state index contributed by atoms with van der Waals surface area (Å²) in [5.41, 5.74) is 1.26. The van der Waals surface area contributed by atoms with Gasteiger partial charge in [-0.2, -0.15) is 0 Å². The molecule has 1 rings (SSSR count). The molecule has 4 N–H and O–H groups in total. The Bertz CT molecular complexity index is 286. The number of carbonyl (C=O) groups is 1. The summed E-state index contributed by atoms with van der Waals surface area (Å²) in [6, 6.07) is 0. The number of dihydropyridines is 1. The predicted molar refractivity (Wildman–Crippen MR) is 52.7 cm³/mol. The zero-order chi connectivity index (χ0) is 10.6. The lowest BCUT2D eigenvalue weighted by Crippen LogP contribution is -2.55.